The summed E-state index contributed by atoms with van der Waals surface area (Å²) in [5.74, 6) is 0.261. The van der Waals surface area contributed by atoms with Gasteiger partial charge in [-0.15, -0.1) is 0 Å². The maximum Gasteiger partial charge on any atom is 0.374 e. The molecule has 22 heavy (non-hydrogen) atoms. The molecule has 2 heterocycles. The van der Waals surface area contributed by atoms with Crippen molar-refractivity contribution in [3.05, 3.63) is 29.5 Å². The Labute approximate surface area is 127 Å². The number of carboxylic acids is 1. The summed E-state index contributed by atoms with van der Waals surface area (Å²) in [6.07, 6.45) is 0.828. The van der Waals surface area contributed by atoms with Gasteiger partial charge in [0.2, 0.25) is 5.76 Å². The van der Waals surface area contributed by atoms with Crippen molar-refractivity contribution in [3.63, 3.8) is 0 Å². The molecule has 0 spiro atoms. The quantitative estimate of drug-likeness (QED) is 0.936. The first-order valence-corrected chi connectivity index (χ1v) is 7.20. The van der Waals surface area contributed by atoms with Gasteiger partial charge >= 0.3 is 5.97 Å². The van der Waals surface area contributed by atoms with Crippen LogP contribution in [0.1, 0.15) is 42.3 Å². The Morgan fingerprint density at radius 3 is 2.45 bits per heavy atom. The highest BCUT2D eigenvalue weighted by Gasteiger charge is 2.21. The van der Waals surface area contributed by atoms with Crippen molar-refractivity contribution in [2.45, 2.75) is 26.2 Å². The van der Waals surface area contributed by atoms with Crippen LogP contribution in [0.3, 0.4) is 0 Å². The Bertz CT molecular complexity index is 705. The van der Waals surface area contributed by atoms with Gasteiger partial charge in [0, 0.05) is 18.1 Å². The smallest absolute Gasteiger partial charge is 0.374 e. The first kappa shape index (κ1) is 14.4. The molecule has 1 aromatic carbocycles. The SMILES string of the molecule is CC(C)c1cc2c(cc1-c1cc(C(=O)O)on1)OCCCO2. The average molecular weight is 303 g/mol. The van der Waals surface area contributed by atoms with E-state index < -0.39 is 5.97 Å². The van der Waals surface area contributed by atoms with E-state index in [1.807, 2.05) is 12.1 Å². The van der Waals surface area contributed by atoms with Crippen molar-refractivity contribution in [1.29, 1.82) is 0 Å². The number of benzene rings is 1. The van der Waals surface area contributed by atoms with Crippen molar-refractivity contribution in [1.82, 2.24) is 5.16 Å². The topological polar surface area (TPSA) is 81.8 Å². The molecular formula is C16H17NO5. The Hall–Kier alpha value is -2.50. The van der Waals surface area contributed by atoms with E-state index in [0.717, 1.165) is 17.5 Å². The second kappa shape index (κ2) is 5.71. The number of fused-ring (bicyclic) bond motifs is 1. The average Bonchev–Trinajstić information content (AvgIpc) is 2.86. The number of nitrogens with zero attached hydrogens (tertiary/aromatic N) is 1. The number of ether oxygens (including phenoxy) is 2. The molecule has 0 bridgehead atoms. The summed E-state index contributed by atoms with van der Waals surface area (Å²) in [7, 11) is 0. The molecule has 0 radical (unpaired) electrons. The van der Waals surface area contributed by atoms with Gasteiger partial charge in [-0.1, -0.05) is 19.0 Å². The first-order valence-electron chi connectivity index (χ1n) is 7.20. The fourth-order valence-corrected chi connectivity index (χ4v) is 2.43. The van der Waals surface area contributed by atoms with Crippen molar-refractivity contribution < 1.29 is 23.9 Å². The molecule has 2 aromatic rings. The van der Waals surface area contributed by atoms with Crippen LogP contribution in [0.4, 0.5) is 0 Å². The summed E-state index contributed by atoms with van der Waals surface area (Å²) in [5.41, 5.74) is 2.29. The van der Waals surface area contributed by atoms with Crippen molar-refractivity contribution in [2.75, 3.05) is 13.2 Å². The van der Waals surface area contributed by atoms with Crippen molar-refractivity contribution in [3.8, 4) is 22.8 Å². The van der Waals surface area contributed by atoms with Crippen LogP contribution in [-0.4, -0.2) is 29.4 Å². The number of aromatic carboxylic acids is 1. The normalized spacial score (nSPS) is 14.0. The molecule has 3 rings (SSSR count). The van der Waals surface area contributed by atoms with Gasteiger partial charge in [0.05, 0.1) is 13.2 Å². The van der Waals surface area contributed by atoms with E-state index in [0.29, 0.717) is 30.4 Å². The van der Waals surface area contributed by atoms with Crippen LogP contribution >= 0.6 is 0 Å². The standard InChI is InChI=1S/C16H17NO5/c1-9(2)10-6-13-14(21-5-3-4-20-13)7-11(10)12-8-15(16(18)19)22-17-12/h6-9H,3-5H2,1-2H3,(H,18,19). The lowest BCUT2D eigenvalue weighted by Gasteiger charge is -2.15. The van der Waals surface area contributed by atoms with Crippen LogP contribution in [0.2, 0.25) is 0 Å². The minimum absolute atomic E-state index is 0.184. The van der Waals surface area contributed by atoms with Gasteiger partial charge in [-0.2, -0.15) is 0 Å². The van der Waals surface area contributed by atoms with E-state index >= 15 is 0 Å². The fraction of sp³-hybridized carbons (Fsp3) is 0.375. The lowest BCUT2D eigenvalue weighted by atomic mass is 9.94. The highest BCUT2D eigenvalue weighted by atomic mass is 16.5. The largest absolute Gasteiger partial charge is 0.490 e. The zero-order valence-electron chi connectivity index (χ0n) is 12.5. The third-order valence-corrected chi connectivity index (χ3v) is 3.54. The summed E-state index contributed by atoms with van der Waals surface area (Å²) < 4.78 is 16.3. The number of hydrogen-bond donors (Lipinski definition) is 1. The van der Waals surface area contributed by atoms with Crippen LogP contribution in [-0.2, 0) is 0 Å². The Balaban J connectivity index is 2.11. The van der Waals surface area contributed by atoms with Crippen LogP contribution in [0.25, 0.3) is 11.3 Å². The van der Waals surface area contributed by atoms with E-state index in [2.05, 4.69) is 19.0 Å². The van der Waals surface area contributed by atoms with E-state index in [-0.39, 0.29) is 11.7 Å². The lowest BCUT2D eigenvalue weighted by Crippen LogP contribution is -1.98. The number of hydrogen-bond acceptors (Lipinski definition) is 5. The van der Waals surface area contributed by atoms with Crippen LogP contribution < -0.4 is 9.47 Å². The monoisotopic (exact) mass is 303 g/mol. The molecule has 1 N–H and O–H groups in total. The van der Waals surface area contributed by atoms with Gasteiger partial charge in [0.25, 0.3) is 0 Å². The highest BCUT2D eigenvalue weighted by molar-refractivity contribution is 5.86. The third-order valence-electron chi connectivity index (χ3n) is 3.54. The Kier molecular flexibility index (Phi) is 3.75. The minimum atomic E-state index is -1.14. The van der Waals surface area contributed by atoms with Crippen LogP contribution in [0.15, 0.2) is 22.7 Å². The number of rotatable bonds is 3. The third kappa shape index (κ3) is 2.64. The molecule has 6 nitrogen and oxygen atoms in total. The van der Waals surface area contributed by atoms with Crippen molar-refractivity contribution >= 4 is 5.97 Å². The molecule has 1 aromatic heterocycles. The maximum absolute atomic E-state index is 11.0. The second-order valence-corrected chi connectivity index (χ2v) is 5.47. The molecule has 0 saturated heterocycles. The first-order chi connectivity index (χ1) is 10.6. The Morgan fingerprint density at radius 2 is 1.86 bits per heavy atom. The predicted molar refractivity (Wildman–Crippen MR) is 78.6 cm³/mol. The van der Waals surface area contributed by atoms with E-state index in [1.54, 1.807) is 0 Å². The molecule has 0 aliphatic carbocycles. The van der Waals surface area contributed by atoms with E-state index in [1.165, 1.54) is 6.07 Å². The molecule has 6 heteroatoms. The predicted octanol–water partition coefficient (Wildman–Crippen LogP) is 3.32. The maximum atomic E-state index is 11.0. The fourth-order valence-electron chi connectivity index (χ4n) is 2.43. The summed E-state index contributed by atoms with van der Waals surface area (Å²) in [5, 5.41) is 12.8. The highest BCUT2D eigenvalue weighted by Crippen LogP contribution is 2.39. The zero-order valence-corrected chi connectivity index (χ0v) is 12.5. The molecular weight excluding hydrogens is 286 g/mol. The molecule has 0 saturated carbocycles. The van der Waals surface area contributed by atoms with Gasteiger partial charge in [0.15, 0.2) is 11.5 Å². The summed E-state index contributed by atoms with van der Waals surface area (Å²) in [6, 6.07) is 5.21. The molecule has 0 fully saturated rings. The van der Waals surface area contributed by atoms with Crippen molar-refractivity contribution in [2.24, 2.45) is 0 Å². The molecule has 0 atom stereocenters. The van der Waals surface area contributed by atoms with Gasteiger partial charge in [0.1, 0.15) is 5.69 Å². The molecule has 0 amide bonds. The van der Waals surface area contributed by atoms with Gasteiger partial charge < -0.3 is 19.1 Å². The molecule has 0 unspecified atom stereocenters. The number of aromatic nitrogens is 1. The zero-order chi connectivity index (χ0) is 15.7. The van der Waals surface area contributed by atoms with E-state index in [9.17, 15) is 4.79 Å². The molecule has 1 aliphatic rings. The van der Waals surface area contributed by atoms with Gasteiger partial charge in [-0.3, -0.25) is 0 Å². The summed E-state index contributed by atoms with van der Waals surface area (Å²) >= 11 is 0. The second-order valence-electron chi connectivity index (χ2n) is 5.47. The molecule has 1 aliphatic heterocycles. The molecule has 116 valence electrons. The lowest BCUT2D eigenvalue weighted by molar-refractivity contribution is 0.0652. The number of carbonyl (C=O) groups is 1. The summed E-state index contributed by atoms with van der Waals surface area (Å²) in [4.78, 5) is 11.0. The Morgan fingerprint density at radius 1 is 1.18 bits per heavy atom. The summed E-state index contributed by atoms with van der Waals surface area (Å²) in [6.45, 7) is 5.33. The van der Waals surface area contributed by atoms with Crippen LogP contribution in [0.5, 0.6) is 11.5 Å². The van der Waals surface area contributed by atoms with Gasteiger partial charge in [-0.05, 0) is 23.6 Å². The van der Waals surface area contributed by atoms with Gasteiger partial charge in [-0.25, -0.2) is 4.79 Å². The minimum Gasteiger partial charge on any atom is -0.490 e. The van der Waals surface area contributed by atoms with Crippen LogP contribution in [0, 0.1) is 0 Å². The van der Waals surface area contributed by atoms with E-state index in [4.69, 9.17) is 19.1 Å². The number of carboxylic acid groups (broad SMARTS) is 1.